The summed E-state index contributed by atoms with van der Waals surface area (Å²) in [5, 5.41) is 14.7. The summed E-state index contributed by atoms with van der Waals surface area (Å²) in [6.45, 7) is -0.792. The van der Waals surface area contributed by atoms with Crippen LogP contribution >= 0.6 is 0 Å². The Kier molecular flexibility index (Phi) is 5.42. The van der Waals surface area contributed by atoms with Crippen LogP contribution in [-0.2, 0) is 20.9 Å². The minimum absolute atomic E-state index is 0.0491. The van der Waals surface area contributed by atoms with Gasteiger partial charge in [0.05, 0.1) is 0 Å². The molecule has 3 N–H and O–H groups in total. The third-order valence-corrected chi connectivity index (χ3v) is 4.82. The molecule has 162 valence electrons. The van der Waals surface area contributed by atoms with Gasteiger partial charge < -0.3 is 20.3 Å². The number of nitrogens with zero attached hydrogens (tertiary/aromatic N) is 2. The van der Waals surface area contributed by atoms with Crippen molar-refractivity contribution < 1.29 is 28.7 Å². The summed E-state index contributed by atoms with van der Waals surface area (Å²) in [5.41, 5.74) is 1.67. The fourth-order valence-corrected chi connectivity index (χ4v) is 3.42. The minimum atomic E-state index is -1.31. The zero-order valence-corrected chi connectivity index (χ0v) is 16.5. The molecule has 0 saturated carbocycles. The van der Waals surface area contributed by atoms with Crippen LogP contribution in [0.3, 0.4) is 0 Å². The number of anilines is 1. The number of urea groups is 1. The number of nitrogens with one attached hydrogen (secondary N) is 2. The van der Waals surface area contributed by atoms with Crippen molar-refractivity contribution in [2.45, 2.75) is 6.54 Å². The number of halogens is 1. The Labute approximate surface area is 180 Å². The molecule has 1 fully saturated rings. The summed E-state index contributed by atoms with van der Waals surface area (Å²) in [6, 6.07) is 11.8. The predicted octanol–water partition coefficient (Wildman–Crippen LogP) is 2.40. The van der Waals surface area contributed by atoms with Gasteiger partial charge in [0.15, 0.2) is 0 Å². The number of benzene rings is 2. The summed E-state index contributed by atoms with van der Waals surface area (Å²) < 4.78 is 14.7. The average molecular weight is 436 g/mol. The molecule has 10 heteroatoms. The highest BCUT2D eigenvalue weighted by Crippen LogP contribution is 2.25. The van der Waals surface area contributed by atoms with Crippen molar-refractivity contribution in [3.05, 3.63) is 71.8 Å². The van der Waals surface area contributed by atoms with Gasteiger partial charge in [0.1, 0.15) is 24.6 Å². The van der Waals surface area contributed by atoms with Crippen molar-refractivity contribution >= 4 is 46.5 Å². The van der Waals surface area contributed by atoms with E-state index in [-0.39, 0.29) is 18.1 Å². The van der Waals surface area contributed by atoms with E-state index in [0.717, 1.165) is 5.39 Å². The van der Waals surface area contributed by atoms with Crippen molar-refractivity contribution in [2.24, 2.45) is 0 Å². The molecule has 1 saturated heterocycles. The Morgan fingerprint density at radius 2 is 1.78 bits per heavy atom. The number of hydrogen-bond acceptors (Lipinski definition) is 4. The summed E-state index contributed by atoms with van der Waals surface area (Å²) in [4.78, 5) is 48.3. The van der Waals surface area contributed by atoms with Crippen LogP contribution in [0, 0.1) is 5.82 Å². The van der Waals surface area contributed by atoms with Crippen molar-refractivity contribution in [3.8, 4) is 0 Å². The van der Waals surface area contributed by atoms with Crippen LogP contribution in [-0.4, -0.2) is 44.9 Å². The monoisotopic (exact) mass is 436 g/mol. The number of aliphatic carboxylic acids is 1. The maximum absolute atomic E-state index is 13.0. The topological polar surface area (TPSA) is 121 Å². The number of aromatic nitrogens is 1. The van der Waals surface area contributed by atoms with Crippen LogP contribution in [0.4, 0.5) is 14.9 Å². The number of carboxylic acid groups (broad SMARTS) is 1. The molecule has 2 aromatic carbocycles. The second-order valence-corrected chi connectivity index (χ2v) is 7.06. The van der Waals surface area contributed by atoms with E-state index in [1.54, 1.807) is 35.0 Å². The molecule has 0 unspecified atom stereocenters. The number of carbonyl (C=O) groups is 4. The fourth-order valence-electron chi connectivity index (χ4n) is 3.42. The van der Waals surface area contributed by atoms with E-state index in [4.69, 9.17) is 5.11 Å². The van der Waals surface area contributed by atoms with Gasteiger partial charge in [-0.05, 0) is 36.4 Å². The lowest BCUT2D eigenvalue weighted by Gasteiger charge is -2.07. The smallest absolute Gasteiger partial charge is 0.329 e. The highest BCUT2D eigenvalue weighted by molar-refractivity contribution is 6.15. The second kappa shape index (κ2) is 8.34. The first-order chi connectivity index (χ1) is 15.3. The van der Waals surface area contributed by atoms with Crippen LogP contribution in [0.5, 0.6) is 0 Å². The van der Waals surface area contributed by atoms with Gasteiger partial charge in [0.2, 0.25) is 5.91 Å². The number of para-hydroxylation sites is 1. The number of carboxylic acids is 1. The lowest BCUT2D eigenvalue weighted by atomic mass is 10.1. The first kappa shape index (κ1) is 20.8. The van der Waals surface area contributed by atoms with Gasteiger partial charge in [-0.1, -0.05) is 18.2 Å². The summed E-state index contributed by atoms with van der Waals surface area (Å²) in [7, 11) is 0. The van der Waals surface area contributed by atoms with Gasteiger partial charge >= 0.3 is 12.0 Å². The van der Waals surface area contributed by atoms with Crippen molar-refractivity contribution in [1.29, 1.82) is 0 Å². The van der Waals surface area contributed by atoms with Gasteiger partial charge in [0, 0.05) is 28.4 Å². The number of carbonyl (C=O) groups excluding carboxylic acids is 3. The van der Waals surface area contributed by atoms with Crippen LogP contribution < -0.4 is 10.6 Å². The molecule has 1 aromatic heterocycles. The lowest BCUT2D eigenvalue weighted by Crippen LogP contribution is -2.35. The van der Waals surface area contributed by atoms with Crippen molar-refractivity contribution in [1.82, 2.24) is 14.8 Å². The highest BCUT2D eigenvalue weighted by atomic mass is 19.1. The quantitative estimate of drug-likeness (QED) is 0.405. The number of amides is 4. The van der Waals surface area contributed by atoms with E-state index in [0.29, 0.717) is 21.7 Å². The van der Waals surface area contributed by atoms with Gasteiger partial charge in [-0.2, -0.15) is 0 Å². The van der Waals surface area contributed by atoms with Crippen LogP contribution in [0.25, 0.3) is 17.0 Å². The molecule has 1 aliphatic heterocycles. The first-order valence-electron chi connectivity index (χ1n) is 9.51. The minimum Gasteiger partial charge on any atom is -0.480 e. The highest BCUT2D eigenvalue weighted by Gasteiger charge is 2.35. The molecule has 0 radical (unpaired) electrons. The molecule has 3 aromatic rings. The largest absolute Gasteiger partial charge is 0.480 e. The Hall–Kier alpha value is -4.47. The predicted molar refractivity (Wildman–Crippen MR) is 113 cm³/mol. The first-order valence-corrected chi connectivity index (χ1v) is 9.51. The summed E-state index contributed by atoms with van der Waals surface area (Å²) in [5.74, 6) is -2.80. The molecule has 4 rings (SSSR count). The molecule has 1 aliphatic rings. The van der Waals surface area contributed by atoms with Crippen LogP contribution in [0.15, 0.2) is 60.4 Å². The molecule has 2 heterocycles. The molecule has 0 atom stereocenters. The van der Waals surface area contributed by atoms with E-state index >= 15 is 0 Å². The van der Waals surface area contributed by atoms with Gasteiger partial charge in [-0.15, -0.1) is 0 Å². The van der Waals surface area contributed by atoms with Crippen LogP contribution in [0.1, 0.15) is 5.56 Å². The van der Waals surface area contributed by atoms with Gasteiger partial charge in [-0.25, -0.2) is 14.1 Å². The van der Waals surface area contributed by atoms with E-state index < -0.39 is 30.3 Å². The maximum Gasteiger partial charge on any atom is 0.329 e. The molecule has 0 bridgehead atoms. The zero-order valence-electron chi connectivity index (χ0n) is 16.5. The van der Waals surface area contributed by atoms with Gasteiger partial charge in [-0.3, -0.25) is 14.4 Å². The van der Waals surface area contributed by atoms with Crippen molar-refractivity contribution in [2.75, 3.05) is 11.9 Å². The maximum atomic E-state index is 13.0. The number of imide groups is 1. The summed E-state index contributed by atoms with van der Waals surface area (Å²) >= 11 is 0. The Morgan fingerprint density at radius 3 is 2.50 bits per heavy atom. The Balaban J connectivity index is 1.60. The molecule has 4 amide bonds. The summed E-state index contributed by atoms with van der Waals surface area (Å²) in [6.07, 6.45) is 3.10. The SMILES string of the molecule is O=C(O)CN1C(=O)N/C(=C/c2cn(CC(=O)Nc3ccc(F)cc3)c3ccccc23)C1=O. The number of rotatable bonds is 6. The molecular weight excluding hydrogens is 419 g/mol. The Bertz CT molecular complexity index is 1280. The van der Waals surface area contributed by atoms with E-state index in [2.05, 4.69) is 10.6 Å². The van der Waals surface area contributed by atoms with E-state index in [1.807, 2.05) is 0 Å². The standard InChI is InChI=1S/C22H17FN4O5/c23-14-5-7-15(8-6-14)24-19(28)11-26-10-13(16-3-1-2-4-18(16)26)9-17-21(31)27(12-20(29)30)22(32)25-17/h1-10H,11-12H2,(H,24,28)(H,25,32)(H,29,30)/b17-9+. The molecular formula is C22H17FN4O5. The van der Waals surface area contributed by atoms with Crippen LogP contribution in [0.2, 0.25) is 0 Å². The molecule has 0 aliphatic carbocycles. The third-order valence-electron chi connectivity index (χ3n) is 4.82. The number of hydrogen-bond donors (Lipinski definition) is 3. The lowest BCUT2D eigenvalue weighted by molar-refractivity contribution is -0.140. The Morgan fingerprint density at radius 1 is 1.06 bits per heavy atom. The molecule has 32 heavy (non-hydrogen) atoms. The average Bonchev–Trinajstić information content (AvgIpc) is 3.22. The fraction of sp³-hybridized carbons (Fsp3) is 0.0909. The van der Waals surface area contributed by atoms with E-state index in [9.17, 15) is 23.6 Å². The zero-order chi connectivity index (χ0) is 22.8. The van der Waals surface area contributed by atoms with Crippen molar-refractivity contribution in [3.63, 3.8) is 0 Å². The molecule has 9 nitrogen and oxygen atoms in total. The number of fused-ring (bicyclic) bond motifs is 1. The molecule has 0 spiro atoms. The normalized spacial score (nSPS) is 14.8. The third kappa shape index (κ3) is 4.19. The van der Waals surface area contributed by atoms with E-state index in [1.165, 1.54) is 30.3 Å². The van der Waals surface area contributed by atoms with Gasteiger partial charge in [0.25, 0.3) is 5.91 Å². The second-order valence-electron chi connectivity index (χ2n) is 7.06.